The summed E-state index contributed by atoms with van der Waals surface area (Å²) in [5.74, 6) is 0.136. The van der Waals surface area contributed by atoms with E-state index < -0.39 is 6.17 Å². The van der Waals surface area contributed by atoms with Crippen molar-refractivity contribution in [2.24, 2.45) is 0 Å². The molecule has 4 N–H and O–H groups in total. The Morgan fingerprint density at radius 2 is 1.50 bits per heavy atom. The number of halogens is 1. The fraction of sp³-hybridized carbons (Fsp3) is 0.605. The maximum absolute atomic E-state index is 13.1. The molecule has 0 aromatic heterocycles. The van der Waals surface area contributed by atoms with Crippen LogP contribution in [0.3, 0.4) is 0 Å². The van der Waals surface area contributed by atoms with Gasteiger partial charge in [0.25, 0.3) is 5.91 Å². The summed E-state index contributed by atoms with van der Waals surface area (Å²) in [5, 5.41) is 12.5. The van der Waals surface area contributed by atoms with Crippen LogP contribution < -0.4 is 26.0 Å². The van der Waals surface area contributed by atoms with Crippen molar-refractivity contribution >= 4 is 35.0 Å². The van der Waals surface area contributed by atoms with Gasteiger partial charge >= 0.3 is 0 Å². The number of rotatable bonds is 25. The topological polar surface area (TPSA) is 112 Å². The number of ether oxygens (including phenoxy) is 1. The highest BCUT2D eigenvalue weighted by atomic mass is 35.5. The lowest BCUT2D eigenvalue weighted by Crippen LogP contribution is -2.52. The van der Waals surface area contributed by atoms with Gasteiger partial charge in [-0.1, -0.05) is 88.4 Å². The number of unbranched alkanes of at least 4 members (excludes halogenated alkanes) is 9. The molecule has 266 valence electrons. The first kappa shape index (κ1) is 39.1. The number of amides is 3. The van der Waals surface area contributed by atoms with Crippen molar-refractivity contribution in [3.05, 3.63) is 59.1 Å². The minimum absolute atomic E-state index is 0.0660. The molecular weight excluding hydrogens is 626 g/mol. The first-order chi connectivity index (χ1) is 23.4. The number of hydrogen-bond acceptors (Lipinski definition) is 6. The molecule has 0 saturated carbocycles. The zero-order chi connectivity index (χ0) is 34.2. The van der Waals surface area contributed by atoms with Gasteiger partial charge in [0.15, 0.2) is 6.17 Å². The van der Waals surface area contributed by atoms with Crippen molar-refractivity contribution in [1.82, 2.24) is 20.9 Å². The van der Waals surface area contributed by atoms with Gasteiger partial charge in [0.2, 0.25) is 11.8 Å². The molecule has 1 atom stereocenters. The first-order valence-electron chi connectivity index (χ1n) is 18.2. The fourth-order valence-corrected chi connectivity index (χ4v) is 6.04. The first-order valence-corrected chi connectivity index (χ1v) is 18.6. The predicted octanol–water partition coefficient (Wildman–Crippen LogP) is 6.85. The van der Waals surface area contributed by atoms with Crippen LogP contribution in [0.5, 0.6) is 5.75 Å². The molecule has 1 saturated heterocycles. The number of hydrogen-bond donors (Lipinski definition) is 4. The Labute approximate surface area is 293 Å². The summed E-state index contributed by atoms with van der Waals surface area (Å²) in [4.78, 5) is 40.6. The van der Waals surface area contributed by atoms with Gasteiger partial charge in [-0.05, 0) is 80.7 Å². The summed E-state index contributed by atoms with van der Waals surface area (Å²) in [6, 6.07) is 14.4. The van der Waals surface area contributed by atoms with E-state index in [-0.39, 0.29) is 24.1 Å². The lowest BCUT2D eigenvalue weighted by molar-refractivity contribution is -0.128. The number of likely N-dealkylation sites (tertiary alicyclic amines) is 1. The quantitative estimate of drug-likeness (QED) is 0.0674. The minimum atomic E-state index is -0.958. The van der Waals surface area contributed by atoms with Crippen LogP contribution in [0, 0.1) is 0 Å². The molecule has 2 aromatic rings. The zero-order valence-electron chi connectivity index (χ0n) is 29.0. The van der Waals surface area contributed by atoms with Crippen LogP contribution in [0.2, 0.25) is 5.02 Å². The smallest absolute Gasteiger partial charge is 0.263 e. The third-order valence-corrected chi connectivity index (χ3v) is 8.82. The van der Waals surface area contributed by atoms with E-state index in [1.165, 1.54) is 70.6 Å². The van der Waals surface area contributed by atoms with Crippen molar-refractivity contribution in [2.45, 2.75) is 109 Å². The van der Waals surface area contributed by atoms with Crippen LogP contribution in [-0.4, -0.2) is 68.1 Å². The molecule has 0 spiro atoms. The van der Waals surface area contributed by atoms with Gasteiger partial charge in [-0.3, -0.25) is 14.4 Å². The largest absolute Gasteiger partial charge is 0.494 e. The zero-order valence-corrected chi connectivity index (χ0v) is 29.8. The Balaban J connectivity index is 1.34. The standard InChI is InChI=1S/C38H58ClN5O4/c1-2-3-4-5-6-7-8-9-10-11-23-40-35(45)18-15-28-48-34-21-19-33(20-22-34)42-37(38(47)41-24-27-44-25-12-13-26-44)43-36(46)30-31-16-14-17-32(39)29-31/h14,16-17,19-22,29,37,42H,2-13,15,18,23-28,30H2,1H3,(H,40,45)(H,41,47)(H,43,46). The van der Waals surface area contributed by atoms with Crippen molar-refractivity contribution in [2.75, 3.05) is 44.6 Å². The minimum Gasteiger partial charge on any atom is -0.494 e. The van der Waals surface area contributed by atoms with E-state index in [9.17, 15) is 14.4 Å². The summed E-state index contributed by atoms with van der Waals surface area (Å²) in [7, 11) is 0. The molecule has 0 aliphatic carbocycles. The second-order valence-electron chi connectivity index (χ2n) is 12.8. The highest BCUT2D eigenvalue weighted by Gasteiger charge is 2.21. The van der Waals surface area contributed by atoms with E-state index in [2.05, 4.69) is 33.1 Å². The highest BCUT2D eigenvalue weighted by molar-refractivity contribution is 6.30. The number of benzene rings is 2. The second kappa shape index (κ2) is 23.9. The molecule has 48 heavy (non-hydrogen) atoms. The van der Waals surface area contributed by atoms with Crippen LogP contribution in [0.25, 0.3) is 0 Å². The number of carbonyl (C=O) groups is 3. The summed E-state index contributed by atoms with van der Waals surface area (Å²) in [6.07, 6.45) is 15.4. The van der Waals surface area contributed by atoms with Crippen LogP contribution in [0.4, 0.5) is 5.69 Å². The Kier molecular flexibility index (Phi) is 19.5. The molecule has 1 heterocycles. The molecule has 0 bridgehead atoms. The molecule has 10 heteroatoms. The summed E-state index contributed by atoms with van der Waals surface area (Å²) in [5.41, 5.74) is 1.43. The van der Waals surface area contributed by atoms with Crippen molar-refractivity contribution in [3.8, 4) is 5.75 Å². The number of carbonyl (C=O) groups excluding carboxylic acids is 3. The number of nitrogens with zero attached hydrogens (tertiary/aromatic N) is 1. The molecule has 1 unspecified atom stereocenters. The average Bonchev–Trinajstić information content (AvgIpc) is 3.59. The SMILES string of the molecule is CCCCCCCCCCCCNC(=O)CCCOc1ccc(NC(NC(=O)Cc2cccc(Cl)c2)C(=O)NCCN2CCCC2)cc1. The van der Waals surface area contributed by atoms with Gasteiger partial charge in [-0.25, -0.2) is 0 Å². The van der Waals surface area contributed by atoms with Crippen LogP contribution in [-0.2, 0) is 20.8 Å². The monoisotopic (exact) mass is 683 g/mol. The van der Waals surface area contributed by atoms with E-state index in [0.29, 0.717) is 42.5 Å². The molecule has 3 rings (SSSR count). The predicted molar refractivity (Wildman–Crippen MR) is 195 cm³/mol. The number of nitrogens with one attached hydrogen (secondary N) is 4. The van der Waals surface area contributed by atoms with E-state index in [0.717, 1.165) is 38.2 Å². The summed E-state index contributed by atoms with van der Waals surface area (Å²) in [6.45, 7) is 6.81. The van der Waals surface area contributed by atoms with Crippen LogP contribution >= 0.6 is 11.6 Å². The van der Waals surface area contributed by atoms with E-state index in [1.54, 1.807) is 18.2 Å². The van der Waals surface area contributed by atoms with Crippen LogP contribution in [0.15, 0.2) is 48.5 Å². The van der Waals surface area contributed by atoms with Gasteiger partial charge in [-0.15, -0.1) is 0 Å². The molecule has 1 aliphatic rings. The van der Waals surface area contributed by atoms with Gasteiger partial charge in [-0.2, -0.15) is 0 Å². The average molecular weight is 684 g/mol. The Hall–Kier alpha value is -3.30. The van der Waals surface area contributed by atoms with Crippen molar-refractivity contribution < 1.29 is 19.1 Å². The summed E-state index contributed by atoms with van der Waals surface area (Å²) >= 11 is 6.08. The lowest BCUT2D eigenvalue weighted by Gasteiger charge is -2.22. The molecule has 0 radical (unpaired) electrons. The normalized spacial score (nSPS) is 13.5. The van der Waals surface area contributed by atoms with Crippen molar-refractivity contribution in [3.63, 3.8) is 0 Å². The van der Waals surface area contributed by atoms with E-state index in [4.69, 9.17) is 16.3 Å². The molecule has 1 fully saturated rings. The van der Waals surface area contributed by atoms with E-state index in [1.807, 2.05) is 30.3 Å². The molecule has 9 nitrogen and oxygen atoms in total. The number of anilines is 1. The van der Waals surface area contributed by atoms with Crippen LogP contribution in [0.1, 0.15) is 102 Å². The maximum Gasteiger partial charge on any atom is 0.263 e. The third-order valence-electron chi connectivity index (χ3n) is 8.58. The highest BCUT2D eigenvalue weighted by Crippen LogP contribution is 2.17. The second-order valence-corrected chi connectivity index (χ2v) is 13.2. The van der Waals surface area contributed by atoms with Gasteiger partial charge in [0.1, 0.15) is 5.75 Å². The fourth-order valence-electron chi connectivity index (χ4n) is 5.82. The Bertz CT molecular complexity index is 1210. The molecule has 3 amide bonds. The van der Waals surface area contributed by atoms with Gasteiger partial charge in [0.05, 0.1) is 13.0 Å². The Morgan fingerprint density at radius 3 is 2.19 bits per heavy atom. The Morgan fingerprint density at radius 1 is 0.812 bits per heavy atom. The third kappa shape index (κ3) is 17.2. The molecule has 2 aromatic carbocycles. The summed E-state index contributed by atoms with van der Waals surface area (Å²) < 4.78 is 5.85. The van der Waals surface area contributed by atoms with E-state index >= 15 is 0 Å². The maximum atomic E-state index is 13.1. The van der Waals surface area contributed by atoms with Gasteiger partial charge < -0.3 is 30.9 Å². The molecule has 1 aliphatic heterocycles. The molecular formula is C38H58ClN5O4. The van der Waals surface area contributed by atoms with Crippen molar-refractivity contribution in [1.29, 1.82) is 0 Å². The lowest BCUT2D eigenvalue weighted by atomic mass is 10.1. The van der Waals surface area contributed by atoms with Gasteiger partial charge in [0, 0.05) is 36.8 Å².